The van der Waals surface area contributed by atoms with Gasteiger partial charge in [-0.25, -0.2) is 0 Å². The van der Waals surface area contributed by atoms with E-state index in [0.29, 0.717) is 0 Å². The van der Waals surface area contributed by atoms with Crippen LogP contribution in [-0.4, -0.2) is 43.8 Å². The van der Waals surface area contributed by atoms with Gasteiger partial charge in [-0.1, -0.05) is 13.3 Å². The predicted octanol–water partition coefficient (Wildman–Crippen LogP) is 1.86. The molecule has 0 bridgehead atoms. The second-order valence-corrected chi connectivity index (χ2v) is 5.34. The van der Waals surface area contributed by atoms with Gasteiger partial charge in [-0.15, -0.1) is 0 Å². The summed E-state index contributed by atoms with van der Waals surface area (Å²) >= 11 is 0. The van der Waals surface area contributed by atoms with Crippen LogP contribution in [0.15, 0.2) is 0 Å². The fourth-order valence-electron chi connectivity index (χ4n) is 2.80. The van der Waals surface area contributed by atoms with Gasteiger partial charge >= 0.3 is 0 Å². The van der Waals surface area contributed by atoms with E-state index in [1.165, 1.54) is 38.8 Å². The van der Waals surface area contributed by atoms with Gasteiger partial charge in [0.25, 0.3) is 0 Å². The van der Waals surface area contributed by atoms with E-state index in [2.05, 4.69) is 18.7 Å². The SMILES string of the molecule is CCCC(C)(CN)N1CCC(COC)CC1. The lowest BCUT2D eigenvalue weighted by atomic mass is 9.89. The third kappa shape index (κ3) is 3.44. The topological polar surface area (TPSA) is 38.5 Å². The Kier molecular flexibility index (Phi) is 5.73. The third-order valence-corrected chi connectivity index (χ3v) is 4.01. The first-order chi connectivity index (χ1) is 7.66. The minimum Gasteiger partial charge on any atom is -0.384 e. The van der Waals surface area contributed by atoms with Gasteiger partial charge in [0.05, 0.1) is 0 Å². The summed E-state index contributed by atoms with van der Waals surface area (Å²) in [6, 6.07) is 0. The van der Waals surface area contributed by atoms with Crippen LogP contribution in [0, 0.1) is 5.92 Å². The molecule has 0 amide bonds. The highest BCUT2D eigenvalue weighted by Crippen LogP contribution is 2.27. The largest absolute Gasteiger partial charge is 0.384 e. The van der Waals surface area contributed by atoms with Crippen molar-refractivity contribution in [3.63, 3.8) is 0 Å². The molecular formula is C13H28N2O. The van der Waals surface area contributed by atoms with Crippen molar-refractivity contribution in [2.75, 3.05) is 33.4 Å². The number of methoxy groups -OCH3 is 1. The van der Waals surface area contributed by atoms with Gasteiger partial charge in [0.1, 0.15) is 0 Å². The first-order valence-corrected chi connectivity index (χ1v) is 6.60. The molecule has 1 aliphatic rings. The summed E-state index contributed by atoms with van der Waals surface area (Å²) in [7, 11) is 1.80. The number of hydrogen-bond acceptors (Lipinski definition) is 3. The smallest absolute Gasteiger partial charge is 0.0491 e. The standard InChI is InChI=1S/C13H28N2O/c1-4-7-13(2,11-14)15-8-5-12(6-9-15)10-16-3/h12H,4-11,14H2,1-3H3. The van der Waals surface area contributed by atoms with Crippen LogP contribution in [-0.2, 0) is 4.74 Å². The molecule has 0 aromatic carbocycles. The number of ether oxygens (including phenoxy) is 1. The molecule has 0 aromatic rings. The van der Waals surface area contributed by atoms with Crippen LogP contribution >= 0.6 is 0 Å². The van der Waals surface area contributed by atoms with Gasteiger partial charge in [0.2, 0.25) is 0 Å². The number of piperidine rings is 1. The van der Waals surface area contributed by atoms with Gasteiger partial charge in [0.15, 0.2) is 0 Å². The van der Waals surface area contributed by atoms with Gasteiger partial charge in [-0.3, -0.25) is 4.90 Å². The molecule has 1 rings (SSSR count). The highest BCUT2D eigenvalue weighted by Gasteiger charge is 2.32. The summed E-state index contributed by atoms with van der Waals surface area (Å²) in [5.74, 6) is 0.755. The first kappa shape index (κ1) is 13.9. The van der Waals surface area contributed by atoms with Crippen LogP contribution in [0.25, 0.3) is 0 Å². The van der Waals surface area contributed by atoms with E-state index >= 15 is 0 Å². The van der Waals surface area contributed by atoms with E-state index in [0.717, 1.165) is 19.1 Å². The van der Waals surface area contributed by atoms with E-state index in [-0.39, 0.29) is 5.54 Å². The maximum absolute atomic E-state index is 5.95. The van der Waals surface area contributed by atoms with Crippen LogP contribution in [0.1, 0.15) is 39.5 Å². The minimum absolute atomic E-state index is 0.215. The molecule has 0 radical (unpaired) electrons. The lowest BCUT2D eigenvalue weighted by Gasteiger charge is -2.44. The number of likely N-dealkylation sites (tertiary alicyclic amines) is 1. The summed E-state index contributed by atoms with van der Waals surface area (Å²) in [5, 5.41) is 0. The molecule has 0 aromatic heterocycles. The molecule has 0 saturated carbocycles. The van der Waals surface area contributed by atoms with Crippen molar-refractivity contribution in [1.82, 2.24) is 4.90 Å². The zero-order valence-corrected chi connectivity index (χ0v) is 11.2. The van der Waals surface area contributed by atoms with Crippen LogP contribution in [0.3, 0.4) is 0 Å². The summed E-state index contributed by atoms with van der Waals surface area (Å²) in [5.41, 5.74) is 6.17. The summed E-state index contributed by atoms with van der Waals surface area (Å²) in [6.07, 6.45) is 4.93. The highest BCUT2D eigenvalue weighted by atomic mass is 16.5. The Balaban J connectivity index is 2.44. The number of nitrogens with two attached hydrogens (primary N) is 1. The maximum atomic E-state index is 5.95. The van der Waals surface area contributed by atoms with Crippen molar-refractivity contribution in [3.8, 4) is 0 Å². The Hall–Kier alpha value is -0.120. The third-order valence-electron chi connectivity index (χ3n) is 4.01. The first-order valence-electron chi connectivity index (χ1n) is 6.60. The second-order valence-electron chi connectivity index (χ2n) is 5.34. The summed E-state index contributed by atoms with van der Waals surface area (Å²) in [4.78, 5) is 2.59. The molecule has 0 aliphatic carbocycles. The zero-order valence-electron chi connectivity index (χ0n) is 11.2. The molecular weight excluding hydrogens is 200 g/mol. The lowest BCUT2D eigenvalue weighted by molar-refractivity contribution is 0.0379. The van der Waals surface area contributed by atoms with Crippen molar-refractivity contribution in [2.24, 2.45) is 11.7 Å². The Morgan fingerprint density at radius 2 is 2.00 bits per heavy atom. The Labute approximate surface area is 100 Å². The van der Waals surface area contributed by atoms with Gasteiger partial charge < -0.3 is 10.5 Å². The molecule has 16 heavy (non-hydrogen) atoms. The molecule has 1 unspecified atom stereocenters. The quantitative estimate of drug-likeness (QED) is 0.754. The average molecular weight is 228 g/mol. The van der Waals surface area contributed by atoms with Crippen molar-refractivity contribution >= 4 is 0 Å². The molecule has 0 spiro atoms. The van der Waals surface area contributed by atoms with E-state index in [9.17, 15) is 0 Å². The minimum atomic E-state index is 0.215. The predicted molar refractivity (Wildman–Crippen MR) is 68.5 cm³/mol. The molecule has 1 aliphatic heterocycles. The number of rotatable bonds is 6. The van der Waals surface area contributed by atoms with Crippen molar-refractivity contribution in [3.05, 3.63) is 0 Å². The van der Waals surface area contributed by atoms with E-state index in [4.69, 9.17) is 10.5 Å². The van der Waals surface area contributed by atoms with E-state index in [1.807, 2.05) is 0 Å². The number of hydrogen-bond donors (Lipinski definition) is 1. The second kappa shape index (κ2) is 6.58. The molecule has 3 nitrogen and oxygen atoms in total. The van der Waals surface area contributed by atoms with E-state index in [1.54, 1.807) is 7.11 Å². The van der Waals surface area contributed by atoms with Crippen molar-refractivity contribution in [2.45, 2.75) is 45.1 Å². The monoisotopic (exact) mass is 228 g/mol. The van der Waals surface area contributed by atoms with Gasteiger partial charge in [-0.2, -0.15) is 0 Å². The normalized spacial score (nSPS) is 23.2. The van der Waals surface area contributed by atoms with Crippen molar-refractivity contribution in [1.29, 1.82) is 0 Å². The van der Waals surface area contributed by atoms with Crippen molar-refractivity contribution < 1.29 is 4.74 Å². The molecule has 3 heteroatoms. The molecule has 1 fully saturated rings. The van der Waals surface area contributed by atoms with Gasteiger partial charge in [-0.05, 0) is 45.2 Å². The lowest BCUT2D eigenvalue weighted by Crippen LogP contribution is -2.54. The fraction of sp³-hybridized carbons (Fsp3) is 1.00. The molecule has 2 N–H and O–H groups in total. The van der Waals surface area contributed by atoms with Gasteiger partial charge in [0, 0.05) is 25.8 Å². The average Bonchev–Trinajstić information content (AvgIpc) is 2.30. The molecule has 1 atom stereocenters. The Morgan fingerprint density at radius 1 is 1.38 bits per heavy atom. The highest BCUT2D eigenvalue weighted by molar-refractivity contribution is 4.89. The fourth-order valence-corrected chi connectivity index (χ4v) is 2.80. The van der Waals surface area contributed by atoms with Crippen LogP contribution in [0.2, 0.25) is 0 Å². The molecule has 1 saturated heterocycles. The Morgan fingerprint density at radius 3 is 2.44 bits per heavy atom. The number of nitrogens with zero attached hydrogens (tertiary/aromatic N) is 1. The molecule has 1 heterocycles. The zero-order chi connectivity index (χ0) is 12.0. The molecule has 96 valence electrons. The summed E-state index contributed by atoms with van der Waals surface area (Å²) in [6.45, 7) is 8.61. The maximum Gasteiger partial charge on any atom is 0.0491 e. The van der Waals surface area contributed by atoms with Crippen LogP contribution in [0.4, 0.5) is 0 Å². The summed E-state index contributed by atoms with van der Waals surface area (Å²) < 4.78 is 5.23. The Bertz CT molecular complexity index is 190. The van der Waals surface area contributed by atoms with Crippen LogP contribution < -0.4 is 5.73 Å². The van der Waals surface area contributed by atoms with E-state index < -0.39 is 0 Å². The van der Waals surface area contributed by atoms with Crippen LogP contribution in [0.5, 0.6) is 0 Å².